The van der Waals surface area contributed by atoms with Gasteiger partial charge in [0.1, 0.15) is 5.54 Å². The topological polar surface area (TPSA) is 55.1 Å². The molecule has 0 saturated heterocycles. The SMILES string of the molecule is CC(N)(C(=O)NCCc1ccc(Cl)s1)c1ccccc1. The molecule has 1 aromatic heterocycles. The zero-order chi connectivity index (χ0) is 14.6. The molecule has 20 heavy (non-hydrogen) atoms. The summed E-state index contributed by atoms with van der Waals surface area (Å²) in [4.78, 5) is 13.3. The molecule has 1 aromatic carbocycles. The van der Waals surface area contributed by atoms with Crippen molar-refractivity contribution in [3.63, 3.8) is 0 Å². The summed E-state index contributed by atoms with van der Waals surface area (Å²) in [5.74, 6) is -0.175. The first kappa shape index (κ1) is 15.0. The molecule has 3 N–H and O–H groups in total. The molecule has 1 heterocycles. The first-order chi connectivity index (χ1) is 9.50. The van der Waals surface area contributed by atoms with Crippen LogP contribution in [-0.2, 0) is 16.8 Å². The zero-order valence-electron chi connectivity index (χ0n) is 11.2. The maximum atomic E-state index is 12.2. The van der Waals surface area contributed by atoms with Gasteiger partial charge in [-0.1, -0.05) is 41.9 Å². The predicted octanol–water partition coefficient (Wildman–Crippen LogP) is 2.93. The highest BCUT2D eigenvalue weighted by Gasteiger charge is 2.29. The minimum Gasteiger partial charge on any atom is -0.354 e. The summed E-state index contributed by atoms with van der Waals surface area (Å²) < 4.78 is 0.763. The molecule has 1 amide bonds. The smallest absolute Gasteiger partial charge is 0.244 e. The van der Waals surface area contributed by atoms with Gasteiger partial charge < -0.3 is 11.1 Å². The van der Waals surface area contributed by atoms with Gasteiger partial charge in [-0.15, -0.1) is 11.3 Å². The Bertz CT molecular complexity index is 581. The van der Waals surface area contributed by atoms with E-state index in [-0.39, 0.29) is 5.91 Å². The second-order valence-corrected chi connectivity index (χ2v) is 6.58. The van der Waals surface area contributed by atoms with Crippen LogP contribution in [0.25, 0.3) is 0 Å². The Morgan fingerprint density at radius 3 is 2.60 bits per heavy atom. The van der Waals surface area contributed by atoms with E-state index in [9.17, 15) is 4.79 Å². The highest BCUT2D eigenvalue weighted by Crippen LogP contribution is 2.21. The van der Waals surface area contributed by atoms with Crippen LogP contribution >= 0.6 is 22.9 Å². The van der Waals surface area contributed by atoms with Crippen LogP contribution in [0.1, 0.15) is 17.4 Å². The van der Waals surface area contributed by atoms with Crippen molar-refractivity contribution < 1.29 is 4.79 Å². The monoisotopic (exact) mass is 308 g/mol. The molecule has 1 atom stereocenters. The van der Waals surface area contributed by atoms with Crippen molar-refractivity contribution in [2.45, 2.75) is 18.9 Å². The van der Waals surface area contributed by atoms with Gasteiger partial charge in [-0.05, 0) is 31.0 Å². The second kappa shape index (κ2) is 6.39. The van der Waals surface area contributed by atoms with Gasteiger partial charge in [0.25, 0.3) is 0 Å². The number of hydrogen-bond acceptors (Lipinski definition) is 3. The van der Waals surface area contributed by atoms with Crippen molar-refractivity contribution >= 4 is 28.8 Å². The number of nitrogens with one attached hydrogen (secondary N) is 1. The van der Waals surface area contributed by atoms with Crippen molar-refractivity contribution in [3.8, 4) is 0 Å². The van der Waals surface area contributed by atoms with Crippen LogP contribution in [0.4, 0.5) is 0 Å². The Morgan fingerprint density at radius 2 is 2.00 bits per heavy atom. The van der Waals surface area contributed by atoms with Crippen molar-refractivity contribution in [2.24, 2.45) is 5.73 Å². The quantitative estimate of drug-likeness (QED) is 0.892. The van der Waals surface area contributed by atoms with Gasteiger partial charge in [0.05, 0.1) is 4.34 Å². The van der Waals surface area contributed by atoms with E-state index >= 15 is 0 Å². The number of rotatable bonds is 5. The van der Waals surface area contributed by atoms with Crippen LogP contribution in [-0.4, -0.2) is 12.5 Å². The predicted molar refractivity (Wildman–Crippen MR) is 84.0 cm³/mol. The number of carbonyl (C=O) groups is 1. The lowest BCUT2D eigenvalue weighted by Crippen LogP contribution is -2.49. The van der Waals surface area contributed by atoms with E-state index < -0.39 is 5.54 Å². The van der Waals surface area contributed by atoms with Gasteiger partial charge in [-0.3, -0.25) is 4.79 Å². The number of carbonyl (C=O) groups excluding carboxylic acids is 1. The lowest BCUT2D eigenvalue weighted by molar-refractivity contribution is -0.126. The molecule has 0 radical (unpaired) electrons. The van der Waals surface area contributed by atoms with E-state index in [0.29, 0.717) is 6.54 Å². The molecule has 2 aromatic rings. The van der Waals surface area contributed by atoms with Gasteiger partial charge >= 0.3 is 0 Å². The molecule has 106 valence electrons. The van der Waals surface area contributed by atoms with Gasteiger partial charge in [-0.25, -0.2) is 0 Å². The fraction of sp³-hybridized carbons (Fsp3) is 0.267. The minimum atomic E-state index is -1.02. The summed E-state index contributed by atoms with van der Waals surface area (Å²) in [6, 6.07) is 13.2. The van der Waals surface area contributed by atoms with Gasteiger partial charge in [0.15, 0.2) is 0 Å². The first-order valence-electron chi connectivity index (χ1n) is 6.37. The van der Waals surface area contributed by atoms with Gasteiger partial charge in [0.2, 0.25) is 5.91 Å². The van der Waals surface area contributed by atoms with Crippen LogP contribution < -0.4 is 11.1 Å². The Morgan fingerprint density at radius 1 is 1.30 bits per heavy atom. The van der Waals surface area contributed by atoms with Crippen LogP contribution in [0.2, 0.25) is 4.34 Å². The molecule has 3 nitrogen and oxygen atoms in total. The summed E-state index contributed by atoms with van der Waals surface area (Å²) in [6.45, 7) is 2.27. The second-order valence-electron chi connectivity index (χ2n) is 4.78. The Kier molecular flexibility index (Phi) is 4.81. The fourth-order valence-corrected chi connectivity index (χ4v) is 2.97. The number of thiophene rings is 1. The molecule has 0 spiro atoms. The van der Waals surface area contributed by atoms with Crippen molar-refractivity contribution in [1.29, 1.82) is 0 Å². The third-order valence-electron chi connectivity index (χ3n) is 3.13. The molecule has 0 fully saturated rings. The molecular weight excluding hydrogens is 292 g/mol. The first-order valence-corrected chi connectivity index (χ1v) is 7.56. The molecular formula is C15H17ClN2OS. The lowest BCUT2D eigenvalue weighted by Gasteiger charge is -2.24. The number of halogens is 1. The normalized spacial score (nSPS) is 13.8. The summed E-state index contributed by atoms with van der Waals surface area (Å²) in [5, 5.41) is 2.88. The maximum absolute atomic E-state index is 12.2. The van der Waals surface area contributed by atoms with Gasteiger partial charge in [0, 0.05) is 11.4 Å². The van der Waals surface area contributed by atoms with Crippen LogP contribution in [0.5, 0.6) is 0 Å². The summed E-state index contributed by atoms with van der Waals surface area (Å²) in [5.41, 5.74) is 5.92. The van der Waals surface area contributed by atoms with E-state index in [4.69, 9.17) is 17.3 Å². The minimum absolute atomic E-state index is 0.175. The van der Waals surface area contributed by atoms with Crippen molar-refractivity contribution in [2.75, 3.05) is 6.54 Å². The molecule has 0 saturated carbocycles. The molecule has 2 rings (SSSR count). The van der Waals surface area contributed by atoms with E-state index in [2.05, 4.69) is 5.32 Å². The van der Waals surface area contributed by atoms with Crippen molar-refractivity contribution in [3.05, 3.63) is 57.2 Å². The Labute approximate surface area is 127 Å². The summed E-state index contributed by atoms with van der Waals surface area (Å²) >= 11 is 7.39. The average Bonchev–Trinajstić information content (AvgIpc) is 2.85. The number of benzene rings is 1. The van der Waals surface area contributed by atoms with Crippen LogP contribution in [0, 0.1) is 0 Å². The number of hydrogen-bond donors (Lipinski definition) is 2. The lowest BCUT2D eigenvalue weighted by atomic mass is 9.92. The van der Waals surface area contributed by atoms with Gasteiger partial charge in [-0.2, -0.15) is 0 Å². The highest BCUT2D eigenvalue weighted by molar-refractivity contribution is 7.16. The van der Waals surface area contributed by atoms with Crippen molar-refractivity contribution in [1.82, 2.24) is 5.32 Å². The molecule has 0 aliphatic rings. The zero-order valence-corrected chi connectivity index (χ0v) is 12.8. The van der Waals surface area contributed by atoms with Crippen LogP contribution in [0.15, 0.2) is 42.5 Å². The van der Waals surface area contributed by atoms with E-state index in [1.54, 1.807) is 6.92 Å². The number of nitrogens with two attached hydrogens (primary N) is 1. The molecule has 0 aliphatic heterocycles. The summed E-state index contributed by atoms with van der Waals surface area (Å²) in [7, 11) is 0. The Balaban J connectivity index is 1.91. The highest BCUT2D eigenvalue weighted by atomic mass is 35.5. The third-order valence-corrected chi connectivity index (χ3v) is 4.42. The van der Waals surface area contributed by atoms with E-state index in [1.165, 1.54) is 11.3 Å². The third kappa shape index (κ3) is 3.60. The Hall–Kier alpha value is -1.36. The fourth-order valence-electron chi connectivity index (χ4n) is 1.88. The standard InChI is InChI=1S/C15H17ClN2OS/c1-15(17,11-5-3-2-4-6-11)14(19)18-10-9-12-7-8-13(16)20-12/h2-8H,9-10,17H2,1H3,(H,18,19). The number of amides is 1. The largest absolute Gasteiger partial charge is 0.354 e. The summed E-state index contributed by atoms with van der Waals surface area (Å²) in [6.07, 6.45) is 0.758. The van der Waals surface area contributed by atoms with E-state index in [1.807, 2.05) is 42.5 Å². The molecule has 1 unspecified atom stereocenters. The average molecular weight is 309 g/mol. The maximum Gasteiger partial charge on any atom is 0.244 e. The van der Waals surface area contributed by atoms with Crippen LogP contribution in [0.3, 0.4) is 0 Å². The molecule has 5 heteroatoms. The van der Waals surface area contributed by atoms with E-state index in [0.717, 1.165) is 21.2 Å². The molecule has 0 bridgehead atoms. The molecule has 0 aliphatic carbocycles.